The maximum Gasteiger partial charge on any atom is 0.126 e. The van der Waals surface area contributed by atoms with E-state index < -0.39 is 0 Å². The number of phenolic OH excluding ortho intramolecular Hbond substituents is 1. The van der Waals surface area contributed by atoms with Crippen molar-refractivity contribution in [2.45, 2.75) is 26.7 Å². The summed E-state index contributed by atoms with van der Waals surface area (Å²) in [7, 11) is 0. The number of pyridine rings is 1. The van der Waals surface area contributed by atoms with Crippen LogP contribution in [0.5, 0.6) is 17.2 Å². The number of aromatic nitrogens is 1. The first-order chi connectivity index (χ1) is 13.6. The molecule has 0 aliphatic rings. The highest BCUT2D eigenvalue weighted by Gasteiger charge is 2.13. The van der Waals surface area contributed by atoms with Crippen molar-refractivity contribution >= 4 is 17.1 Å². The normalized spacial score (nSPS) is 11.9. The first-order valence-electron chi connectivity index (χ1n) is 9.43. The summed E-state index contributed by atoms with van der Waals surface area (Å²) < 4.78 is 11.5. The molecule has 1 atom stereocenters. The molecule has 5 heteroatoms. The van der Waals surface area contributed by atoms with Crippen LogP contribution in [-0.4, -0.2) is 29.6 Å². The lowest BCUT2D eigenvalue weighted by Gasteiger charge is -2.15. The molecule has 0 fully saturated rings. The topological polar surface area (TPSA) is 68.7 Å². The predicted molar refractivity (Wildman–Crippen MR) is 109 cm³/mol. The Morgan fingerprint density at radius 2 is 1.93 bits per heavy atom. The Labute approximate surface area is 164 Å². The maximum atomic E-state index is 10.6. The fraction of sp³-hybridized carbons (Fsp3) is 0.304. The van der Waals surface area contributed by atoms with Crippen LogP contribution in [0.1, 0.15) is 24.5 Å². The van der Waals surface area contributed by atoms with E-state index in [1.165, 1.54) is 0 Å². The molecule has 0 saturated heterocycles. The Morgan fingerprint density at radius 3 is 2.75 bits per heavy atom. The number of ether oxygens (including phenoxy) is 2. The zero-order chi connectivity index (χ0) is 19.9. The number of aromatic hydroxyl groups is 1. The van der Waals surface area contributed by atoms with Crippen molar-refractivity contribution in [3.8, 4) is 17.2 Å². The Balaban J connectivity index is 1.55. The van der Waals surface area contributed by atoms with Crippen molar-refractivity contribution in [1.82, 2.24) is 4.98 Å². The molecule has 3 rings (SSSR count). The molecule has 1 N–H and O–H groups in total. The number of phenols is 1. The Morgan fingerprint density at radius 1 is 1.11 bits per heavy atom. The number of aldehydes is 1. The Bertz CT molecular complexity index is 954. The van der Waals surface area contributed by atoms with Crippen LogP contribution in [0.15, 0.2) is 48.8 Å². The smallest absolute Gasteiger partial charge is 0.126 e. The lowest BCUT2D eigenvalue weighted by molar-refractivity contribution is -0.108. The highest BCUT2D eigenvalue weighted by atomic mass is 16.5. The number of carbonyl (C=O) groups is 1. The van der Waals surface area contributed by atoms with Gasteiger partial charge in [-0.1, -0.05) is 19.1 Å². The van der Waals surface area contributed by atoms with E-state index in [1.807, 2.05) is 56.4 Å². The summed E-state index contributed by atoms with van der Waals surface area (Å²) in [6.45, 7) is 4.58. The lowest BCUT2D eigenvalue weighted by atomic mass is 9.96. The summed E-state index contributed by atoms with van der Waals surface area (Å²) in [5, 5.41) is 12.6. The second-order valence-electron chi connectivity index (χ2n) is 6.99. The number of benzene rings is 2. The van der Waals surface area contributed by atoms with Crippen LogP contribution in [0.25, 0.3) is 10.8 Å². The Kier molecular flexibility index (Phi) is 6.48. The van der Waals surface area contributed by atoms with Crippen LogP contribution in [-0.2, 0) is 11.2 Å². The van der Waals surface area contributed by atoms with Gasteiger partial charge in [-0.15, -0.1) is 0 Å². The number of hydrogen-bond donors (Lipinski definition) is 1. The molecule has 0 bridgehead atoms. The van der Waals surface area contributed by atoms with E-state index in [0.717, 1.165) is 28.4 Å². The molecule has 28 heavy (non-hydrogen) atoms. The molecular formula is C23H25NO4. The molecule has 0 aliphatic heterocycles. The largest absolute Gasteiger partial charge is 0.507 e. The second kappa shape index (κ2) is 9.22. The molecule has 146 valence electrons. The minimum absolute atomic E-state index is 0.195. The van der Waals surface area contributed by atoms with Gasteiger partial charge in [-0.3, -0.25) is 4.98 Å². The zero-order valence-electron chi connectivity index (χ0n) is 16.2. The number of rotatable bonds is 9. The van der Waals surface area contributed by atoms with Gasteiger partial charge in [-0.05, 0) is 54.5 Å². The average Bonchev–Trinajstić information content (AvgIpc) is 2.70. The minimum Gasteiger partial charge on any atom is -0.507 e. The number of nitrogens with zero attached hydrogens (tertiary/aromatic N) is 1. The summed E-state index contributed by atoms with van der Waals surface area (Å²) >= 11 is 0. The van der Waals surface area contributed by atoms with Crippen molar-refractivity contribution in [2.24, 2.45) is 5.92 Å². The minimum atomic E-state index is 0.195. The van der Waals surface area contributed by atoms with Gasteiger partial charge in [0, 0.05) is 29.8 Å². The first kappa shape index (κ1) is 19.7. The maximum absolute atomic E-state index is 10.6. The summed E-state index contributed by atoms with van der Waals surface area (Å²) in [6.07, 6.45) is 5.63. The van der Waals surface area contributed by atoms with Crippen LogP contribution in [0.2, 0.25) is 0 Å². The number of carbonyl (C=O) groups excluding carboxylic acids is 1. The van der Waals surface area contributed by atoms with Gasteiger partial charge in [0.1, 0.15) is 36.7 Å². The highest BCUT2D eigenvalue weighted by Crippen LogP contribution is 2.32. The molecule has 5 nitrogen and oxygen atoms in total. The fourth-order valence-corrected chi connectivity index (χ4v) is 3.15. The van der Waals surface area contributed by atoms with Crippen LogP contribution in [0, 0.1) is 12.8 Å². The van der Waals surface area contributed by atoms with Gasteiger partial charge in [-0.25, -0.2) is 0 Å². The molecule has 1 unspecified atom stereocenters. The molecule has 3 aromatic rings. The van der Waals surface area contributed by atoms with Crippen LogP contribution in [0.3, 0.4) is 0 Å². The molecular weight excluding hydrogens is 354 g/mol. The predicted octanol–water partition coefficient (Wildman–Crippen LogP) is 4.47. The summed E-state index contributed by atoms with van der Waals surface area (Å²) in [5.41, 5.74) is 1.54. The van der Waals surface area contributed by atoms with Crippen LogP contribution in [0.4, 0.5) is 0 Å². The zero-order valence-corrected chi connectivity index (χ0v) is 16.2. The Hall–Kier alpha value is -3.08. The summed E-state index contributed by atoms with van der Waals surface area (Å²) in [4.78, 5) is 14.7. The van der Waals surface area contributed by atoms with Gasteiger partial charge < -0.3 is 19.4 Å². The van der Waals surface area contributed by atoms with Gasteiger partial charge in [0.25, 0.3) is 0 Å². The second-order valence-corrected chi connectivity index (χ2v) is 6.99. The molecule has 1 aromatic heterocycles. The SMILES string of the molecule is Cc1c(OCCOc2ccc3ccncc3c2)ccc(CC(C)CC=O)c1O. The van der Waals surface area contributed by atoms with E-state index in [4.69, 9.17) is 9.47 Å². The third-order valence-electron chi connectivity index (χ3n) is 4.75. The van der Waals surface area contributed by atoms with Gasteiger partial charge >= 0.3 is 0 Å². The van der Waals surface area contributed by atoms with E-state index in [9.17, 15) is 9.90 Å². The van der Waals surface area contributed by atoms with E-state index in [2.05, 4.69) is 4.98 Å². The van der Waals surface area contributed by atoms with E-state index in [0.29, 0.717) is 37.4 Å². The standard InChI is InChI=1S/C23H25NO4/c1-16(8-10-25)13-19-4-6-22(17(2)23(19)26)28-12-11-27-21-5-3-18-7-9-24-15-20(18)14-21/h3-7,9-10,14-16,26H,8,11-13H2,1-2H3. The van der Waals surface area contributed by atoms with Crippen molar-refractivity contribution in [2.75, 3.05) is 13.2 Å². The molecule has 1 heterocycles. The quantitative estimate of drug-likeness (QED) is 0.439. The van der Waals surface area contributed by atoms with Gasteiger partial charge in [0.15, 0.2) is 0 Å². The molecule has 2 aromatic carbocycles. The van der Waals surface area contributed by atoms with Crippen LogP contribution >= 0.6 is 0 Å². The highest BCUT2D eigenvalue weighted by molar-refractivity contribution is 5.82. The van der Waals surface area contributed by atoms with Crippen molar-refractivity contribution in [3.63, 3.8) is 0 Å². The van der Waals surface area contributed by atoms with E-state index >= 15 is 0 Å². The van der Waals surface area contributed by atoms with Gasteiger partial charge in [-0.2, -0.15) is 0 Å². The van der Waals surface area contributed by atoms with Crippen molar-refractivity contribution < 1.29 is 19.4 Å². The first-order valence-corrected chi connectivity index (χ1v) is 9.43. The molecule has 0 aliphatic carbocycles. The van der Waals surface area contributed by atoms with E-state index in [1.54, 1.807) is 6.20 Å². The van der Waals surface area contributed by atoms with Crippen LogP contribution < -0.4 is 9.47 Å². The van der Waals surface area contributed by atoms with Crippen molar-refractivity contribution in [3.05, 3.63) is 59.9 Å². The average molecular weight is 379 g/mol. The summed E-state index contributed by atoms with van der Waals surface area (Å²) in [5.74, 6) is 1.83. The summed E-state index contributed by atoms with van der Waals surface area (Å²) in [6, 6.07) is 11.6. The fourth-order valence-electron chi connectivity index (χ4n) is 3.15. The molecule has 0 saturated carbocycles. The lowest BCUT2D eigenvalue weighted by Crippen LogP contribution is -2.10. The third-order valence-corrected chi connectivity index (χ3v) is 4.75. The van der Waals surface area contributed by atoms with Gasteiger partial charge in [0.2, 0.25) is 0 Å². The number of hydrogen-bond acceptors (Lipinski definition) is 5. The third kappa shape index (κ3) is 4.80. The monoisotopic (exact) mass is 379 g/mol. The number of fused-ring (bicyclic) bond motifs is 1. The van der Waals surface area contributed by atoms with Gasteiger partial charge in [0.05, 0.1) is 0 Å². The van der Waals surface area contributed by atoms with E-state index in [-0.39, 0.29) is 11.7 Å². The molecule has 0 amide bonds. The van der Waals surface area contributed by atoms with Crippen molar-refractivity contribution in [1.29, 1.82) is 0 Å². The molecule has 0 radical (unpaired) electrons. The molecule has 0 spiro atoms.